The van der Waals surface area contributed by atoms with Crippen molar-refractivity contribution in [1.29, 1.82) is 10.5 Å². The van der Waals surface area contributed by atoms with Crippen molar-refractivity contribution in [2.75, 3.05) is 0 Å². The number of nitriles is 2. The molecule has 2 aromatic rings. The number of rotatable bonds is 3. The highest BCUT2D eigenvalue weighted by Gasteiger charge is 2.39. The number of nitro groups is 1. The summed E-state index contributed by atoms with van der Waals surface area (Å²) < 4.78 is 0. The van der Waals surface area contributed by atoms with Gasteiger partial charge in [0, 0.05) is 20.5 Å². The minimum absolute atomic E-state index is 0. The Morgan fingerprint density at radius 1 is 0.793 bits per heavy atom. The van der Waals surface area contributed by atoms with Gasteiger partial charge in [-0.2, -0.15) is 10.5 Å². The second-order valence-corrected chi connectivity index (χ2v) is 7.26. The summed E-state index contributed by atoms with van der Waals surface area (Å²) in [5.74, 6) is 0. The average Bonchev–Trinajstić information content (AvgIpc) is 2.63. The predicted octanol–water partition coefficient (Wildman–Crippen LogP) is 5.43. The van der Waals surface area contributed by atoms with E-state index in [4.69, 9.17) is 10.5 Å². The van der Waals surface area contributed by atoms with E-state index < -0.39 is 4.92 Å². The Hall–Kier alpha value is -3.12. The maximum atomic E-state index is 10.5. The fourth-order valence-corrected chi connectivity index (χ4v) is 3.65. The Bertz CT molecular complexity index is 890. The maximum Gasteiger partial charge on any atom is 0.269 e. The highest BCUT2D eigenvalue weighted by Crippen LogP contribution is 2.43. The van der Waals surface area contributed by atoms with Crippen molar-refractivity contribution < 1.29 is 4.92 Å². The summed E-state index contributed by atoms with van der Waals surface area (Å²) in [5, 5.41) is 28.6. The quantitative estimate of drug-likeness (QED) is 0.400. The van der Waals surface area contributed by atoms with E-state index in [1.807, 2.05) is 18.2 Å². The highest BCUT2D eigenvalue weighted by atomic mass is 16.6. The third-order valence-corrected chi connectivity index (χ3v) is 5.80. The molecule has 0 unspecified atom stereocenters. The molecule has 0 N–H and O–H groups in total. The Kier molecular flexibility index (Phi) is 8.16. The summed E-state index contributed by atoms with van der Waals surface area (Å²) in [5.41, 5.74) is 1.66. The summed E-state index contributed by atoms with van der Waals surface area (Å²) in [7, 11) is 0. The zero-order valence-electron chi connectivity index (χ0n) is 15.7. The minimum atomic E-state index is -0.427. The summed E-state index contributed by atoms with van der Waals surface area (Å²) in [6.07, 6.45) is 6.05. The van der Waals surface area contributed by atoms with Crippen molar-refractivity contribution >= 4 is 14.1 Å². The number of nitro benzene ring substituents is 1. The minimum Gasteiger partial charge on any atom is -0.258 e. The van der Waals surface area contributed by atoms with Crippen LogP contribution < -0.4 is 0 Å². The second kappa shape index (κ2) is 9.89. The van der Waals surface area contributed by atoms with Gasteiger partial charge in [-0.05, 0) is 49.7 Å². The van der Waals surface area contributed by atoms with Crippen LogP contribution in [0, 0.1) is 32.8 Å². The lowest BCUT2D eigenvalue weighted by Gasteiger charge is -2.35. The zero-order valence-corrected chi connectivity index (χ0v) is 15.7. The fourth-order valence-electron chi connectivity index (χ4n) is 3.65. The molecule has 4 rings (SSSR count). The molecular weight excluding hydrogens is 361 g/mol. The number of nitrogens with zero attached hydrogens (tertiary/aromatic N) is 3. The molecular formula is C23H25BN3O2. The van der Waals surface area contributed by atoms with E-state index in [0.29, 0.717) is 0 Å². The average molecular weight is 386 g/mol. The number of benzene rings is 2. The van der Waals surface area contributed by atoms with Crippen LogP contribution in [0.25, 0.3) is 0 Å². The SMILES string of the molecule is C.N#CC1(c2ccc([N+](=O)[O-])cc2)CCC1.N#CC1(c2ccccc2)CCC1.[B]. The van der Waals surface area contributed by atoms with Crippen molar-refractivity contribution in [3.8, 4) is 12.1 Å². The van der Waals surface area contributed by atoms with Crippen LogP contribution in [0.15, 0.2) is 54.6 Å². The zero-order chi connectivity index (χ0) is 19.3. The summed E-state index contributed by atoms with van der Waals surface area (Å²) in [6, 6.07) is 21.2. The molecule has 0 heterocycles. The third kappa shape index (κ3) is 4.66. The molecule has 3 radical (unpaired) electrons. The normalized spacial score (nSPS) is 17.0. The first-order chi connectivity index (χ1) is 13.1. The van der Waals surface area contributed by atoms with Crippen molar-refractivity contribution in [1.82, 2.24) is 0 Å². The van der Waals surface area contributed by atoms with Gasteiger partial charge in [-0.3, -0.25) is 10.1 Å². The van der Waals surface area contributed by atoms with Crippen LogP contribution in [0.4, 0.5) is 5.69 Å². The lowest BCUT2D eigenvalue weighted by atomic mass is 9.65. The molecule has 0 spiro atoms. The van der Waals surface area contributed by atoms with Gasteiger partial charge in [0.05, 0.1) is 27.9 Å². The molecule has 2 aliphatic rings. The van der Waals surface area contributed by atoms with Crippen molar-refractivity contribution in [3.05, 3.63) is 75.8 Å². The molecule has 0 saturated heterocycles. The molecule has 2 aromatic carbocycles. The molecule has 5 nitrogen and oxygen atoms in total. The van der Waals surface area contributed by atoms with Gasteiger partial charge >= 0.3 is 0 Å². The van der Waals surface area contributed by atoms with Gasteiger partial charge in [-0.15, -0.1) is 0 Å². The molecule has 0 aromatic heterocycles. The maximum absolute atomic E-state index is 10.5. The topological polar surface area (TPSA) is 90.7 Å². The Morgan fingerprint density at radius 3 is 1.52 bits per heavy atom. The number of hydrogen-bond donors (Lipinski definition) is 0. The summed E-state index contributed by atoms with van der Waals surface area (Å²) in [4.78, 5) is 10.0. The van der Waals surface area contributed by atoms with Crippen LogP contribution in [0.5, 0.6) is 0 Å². The molecule has 0 amide bonds. The van der Waals surface area contributed by atoms with Crippen molar-refractivity contribution in [2.24, 2.45) is 0 Å². The van der Waals surface area contributed by atoms with Gasteiger partial charge in [0.15, 0.2) is 0 Å². The smallest absolute Gasteiger partial charge is 0.258 e. The van der Waals surface area contributed by atoms with Crippen LogP contribution in [0.1, 0.15) is 57.1 Å². The number of hydrogen-bond acceptors (Lipinski definition) is 4. The fraction of sp³-hybridized carbons (Fsp3) is 0.391. The Morgan fingerprint density at radius 2 is 1.21 bits per heavy atom. The first kappa shape index (κ1) is 23.9. The van der Waals surface area contributed by atoms with Crippen molar-refractivity contribution in [3.63, 3.8) is 0 Å². The van der Waals surface area contributed by atoms with E-state index in [2.05, 4.69) is 24.3 Å². The third-order valence-electron chi connectivity index (χ3n) is 5.80. The lowest BCUT2D eigenvalue weighted by Crippen LogP contribution is -2.32. The van der Waals surface area contributed by atoms with Crippen LogP contribution in [-0.2, 0) is 10.8 Å². The summed E-state index contributed by atoms with van der Waals surface area (Å²) >= 11 is 0. The first-order valence-electron chi connectivity index (χ1n) is 9.18. The van der Waals surface area contributed by atoms with E-state index in [1.54, 1.807) is 12.1 Å². The van der Waals surface area contributed by atoms with Crippen molar-refractivity contribution in [2.45, 2.75) is 56.8 Å². The lowest BCUT2D eigenvalue weighted by molar-refractivity contribution is -0.384. The van der Waals surface area contributed by atoms with Crippen LogP contribution >= 0.6 is 0 Å². The molecule has 0 atom stereocenters. The van der Waals surface area contributed by atoms with Gasteiger partial charge in [-0.25, -0.2) is 0 Å². The Labute approximate surface area is 174 Å². The van der Waals surface area contributed by atoms with E-state index in [0.717, 1.165) is 37.7 Å². The number of non-ortho nitro benzene ring substituents is 1. The summed E-state index contributed by atoms with van der Waals surface area (Å²) in [6.45, 7) is 0. The van der Waals surface area contributed by atoms with Crippen LogP contribution in [0.2, 0.25) is 0 Å². The molecule has 29 heavy (non-hydrogen) atoms. The van der Waals surface area contributed by atoms with Crippen LogP contribution in [-0.4, -0.2) is 13.3 Å². The molecule has 0 aliphatic heterocycles. The van der Waals surface area contributed by atoms with Gasteiger partial charge in [0.25, 0.3) is 5.69 Å². The molecule has 2 saturated carbocycles. The van der Waals surface area contributed by atoms with Crippen LogP contribution in [0.3, 0.4) is 0 Å². The van der Waals surface area contributed by atoms with E-state index in [-0.39, 0.29) is 32.4 Å². The highest BCUT2D eigenvalue weighted by molar-refractivity contribution is 5.75. The molecule has 2 aliphatic carbocycles. The molecule has 2 fully saturated rings. The van der Waals surface area contributed by atoms with Gasteiger partial charge in [0.1, 0.15) is 0 Å². The largest absolute Gasteiger partial charge is 0.269 e. The molecule has 0 bridgehead atoms. The Balaban J connectivity index is 0.000000277. The first-order valence-corrected chi connectivity index (χ1v) is 9.18. The predicted molar refractivity (Wildman–Crippen MR) is 114 cm³/mol. The monoisotopic (exact) mass is 386 g/mol. The van der Waals surface area contributed by atoms with Gasteiger partial charge in [-0.1, -0.05) is 49.9 Å². The van der Waals surface area contributed by atoms with Gasteiger partial charge < -0.3 is 0 Å². The molecule has 147 valence electrons. The van der Waals surface area contributed by atoms with E-state index >= 15 is 0 Å². The van der Waals surface area contributed by atoms with E-state index in [9.17, 15) is 10.1 Å². The van der Waals surface area contributed by atoms with Gasteiger partial charge in [0.2, 0.25) is 0 Å². The molecule has 6 heteroatoms. The second-order valence-electron chi connectivity index (χ2n) is 7.26. The van der Waals surface area contributed by atoms with E-state index in [1.165, 1.54) is 24.1 Å². The standard InChI is InChI=1S/C11H10N2O2.C11H11N.CH4.B/c12-8-11(6-1-7-11)9-2-4-10(5-3-9)13(14)15;12-9-11(7-4-8-11)10-5-2-1-3-6-10;;/h2-5H,1,6-7H2;1-3,5-6H,4,7-8H2;1H4;.